The van der Waals surface area contributed by atoms with Crippen LogP contribution in [-0.4, -0.2) is 29.8 Å². The zero-order valence-electron chi connectivity index (χ0n) is 6.77. The van der Waals surface area contributed by atoms with E-state index in [1.807, 2.05) is 12.2 Å². The van der Waals surface area contributed by atoms with Crippen molar-refractivity contribution in [2.75, 3.05) is 6.61 Å². The number of aliphatic hydroxyl groups is 1. The van der Waals surface area contributed by atoms with E-state index in [-0.39, 0.29) is 0 Å². The monoisotopic (exact) mass is 171 g/mol. The first-order chi connectivity index (χ1) is 5.72. The first-order valence-corrected chi connectivity index (χ1v) is 3.96. The zero-order valence-corrected chi connectivity index (χ0v) is 6.77. The maximum Gasteiger partial charge on any atom is 0.249 e. The molecular formula is C8H13NO3. The Morgan fingerprint density at radius 1 is 1.58 bits per heavy atom. The highest BCUT2D eigenvalue weighted by molar-refractivity contribution is 5.79. The van der Waals surface area contributed by atoms with Crippen LogP contribution in [-0.2, 0) is 9.53 Å². The third kappa shape index (κ3) is 2.32. The third-order valence-electron chi connectivity index (χ3n) is 1.80. The Bertz CT molecular complexity index is 191. The van der Waals surface area contributed by atoms with Crippen molar-refractivity contribution >= 4 is 5.91 Å². The lowest BCUT2D eigenvalue weighted by atomic mass is 10.1. The third-order valence-corrected chi connectivity index (χ3v) is 1.80. The molecule has 0 spiro atoms. The van der Waals surface area contributed by atoms with Crippen LogP contribution in [0.15, 0.2) is 12.2 Å². The van der Waals surface area contributed by atoms with Crippen molar-refractivity contribution < 1.29 is 14.6 Å². The van der Waals surface area contributed by atoms with Crippen LogP contribution in [0, 0.1) is 0 Å². The Labute approximate surface area is 71.0 Å². The minimum Gasteiger partial charge on any atom is -0.390 e. The highest BCUT2D eigenvalue weighted by Gasteiger charge is 2.25. The molecule has 3 N–H and O–H groups in total. The van der Waals surface area contributed by atoms with Gasteiger partial charge in [0.15, 0.2) is 6.10 Å². The summed E-state index contributed by atoms with van der Waals surface area (Å²) >= 11 is 0. The summed E-state index contributed by atoms with van der Waals surface area (Å²) in [6.07, 6.45) is 3.39. The van der Waals surface area contributed by atoms with Gasteiger partial charge in [-0.15, -0.1) is 0 Å². The van der Waals surface area contributed by atoms with Gasteiger partial charge in [-0.05, 0) is 12.8 Å². The van der Waals surface area contributed by atoms with Crippen molar-refractivity contribution in [3.63, 3.8) is 0 Å². The zero-order chi connectivity index (χ0) is 8.97. The van der Waals surface area contributed by atoms with E-state index >= 15 is 0 Å². The molecule has 0 saturated heterocycles. The SMILES string of the molecule is NC(=O)C1OC/C=C\CC[C@@H]1O. The maximum atomic E-state index is 10.7. The predicted molar refractivity (Wildman–Crippen MR) is 43.3 cm³/mol. The number of amides is 1. The summed E-state index contributed by atoms with van der Waals surface area (Å²) in [5.74, 6) is -0.599. The summed E-state index contributed by atoms with van der Waals surface area (Å²) in [5, 5.41) is 9.38. The molecular weight excluding hydrogens is 158 g/mol. The van der Waals surface area contributed by atoms with E-state index in [2.05, 4.69) is 0 Å². The Kier molecular flexibility index (Phi) is 3.25. The lowest BCUT2D eigenvalue weighted by Crippen LogP contribution is -2.41. The normalized spacial score (nSPS) is 33.4. The minimum absolute atomic E-state index is 0.338. The van der Waals surface area contributed by atoms with Crippen molar-refractivity contribution in [1.29, 1.82) is 0 Å². The molecule has 1 aliphatic heterocycles. The summed E-state index contributed by atoms with van der Waals surface area (Å²) < 4.78 is 5.05. The Morgan fingerprint density at radius 2 is 2.33 bits per heavy atom. The molecule has 0 aliphatic carbocycles. The van der Waals surface area contributed by atoms with E-state index in [4.69, 9.17) is 10.5 Å². The smallest absolute Gasteiger partial charge is 0.249 e. The number of rotatable bonds is 1. The van der Waals surface area contributed by atoms with Gasteiger partial charge < -0.3 is 15.6 Å². The van der Waals surface area contributed by atoms with Crippen molar-refractivity contribution in [1.82, 2.24) is 0 Å². The largest absolute Gasteiger partial charge is 0.390 e. The lowest BCUT2D eigenvalue weighted by Gasteiger charge is -2.20. The van der Waals surface area contributed by atoms with Gasteiger partial charge in [0.1, 0.15) is 0 Å². The summed E-state index contributed by atoms with van der Waals surface area (Å²) in [4.78, 5) is 10.7. The molecule has 2 atom stereocenters. The van der Waals surface area contributed by atoms with Crippen LogP contribution < -0.4 is 5.73 Å². The molecule has 4 nitrogen and oxygen atoms in total. The molecule has 0 aromatic carbocycles. The molecule has 0 aromatic heterocycles. The summed E-state index contributed by atoms with van der Waals surface area (Å²) in [6.45, 7) is 0.338. The van der Waals surface area contributed by atoms with Gasteiger partial charge >= 0.3 is 0 Å². The van der Waals surface area contributed by atoms with Gasteiger partial charge in [0.05, 0.1) is 12.7 Å². The highest BCUT2D eigenvalue weighted by Crippen LogP contribution is 2.09. The van der Waals surface area contributed by atoms with E-state index in [9.17, 15) is 9.90 Å². The summed E-state index contributed by atoms with van der Waals surface area (Å²) in [6, 6.07) is 0. The fourth-order valence-corrected chi connectivity index (χ4v) is 1.15. The van der Waals surface area contributed by atoms with Crippen LogP contribution in [0.5, 0.6) is 0 Å². The Balaban J connectivity index is 2.58. The number of allylic oxidation sites excluding steroid dienone is 1. The average molecular weight is 171 g/mol. The van der Waals surface area contributed by atoms with E-state index in [1.54, 1.807) is 0 Å². The van der Waals surface area contributed by atoms with Crippen molar-refractivity contribution in [3.8, 4) is 0 Å². The van der Waals surface area contributed by atoms with Crippen LogP contribution in [0.4, 0.5) is 0 Å². The molecule has 1 aliphatic rings. The van der Waals surface area contributed by atoms with Crippen LogP contribution in [0.3, 0.4) is 0 Å². The first kappa shape index (κ1) is 9.22. The standard InChI is InChI=1S/C8H13NO3/c9-8(11)7-6(10)4-2-1-3-5-12-7/h1,3,6-7,10H,2,4-5H2,(H2,9,11)/b3-1-/t6-,7?/m0/s1. The molecule has 12 heavy (non-hydrogen) atoms. The van der Waals surface area contributed by atoms with E-state index in [1.165, 1.54) is 0 Å². The van der Waals surface area contributed by atoms with E-state index < -0.39 is 18.1 Å². The van der Waals surface area contributed by atoms with Gasteiger partial charge in [0, 0.05) is 0 Å². The predicted octanol–water partition coefficient (Wildman–Crippen LogP) is -0.432. The van der Waals surface area contributed by atoms with E-state index in [0.29, 0.717) is 13.0 Å². The van der Waals surface area contributed by atoms with Crippen LogP contribution in [0.2, 0.25) is 0 Å². The fourth-order valence-electron chi connectivity index (χ4n) is 1.15. The average Bonchev–Trinajstić information content (AvgIpc) is 1.96. The molecule has 1 unspecified atom stereocenters. The topological polar surface area (TPSA) is 72.6 Å². The van der Waals surface area contributed by atoms with Gasteiger partial charge in [-0.25, -0.2) is 0 Å². The number of carbonyl (C=O) groups is 1. The highest BCUT2D eigenvalue weighted by atomic mass is 16.5. The molecule has 1 amide bonds. The number of aliphatic hydroxyl groups excluding tert-OH is 1. The quantitative estimate of drug-likeness (QED) is 0.526. The first-order valence-electron chi connectivity index (χ1n) is 3.96. The number of hydrogen-bond acceptors (Lipinski definition) is 3. The van der Waals surface area contributed by atoms with Crippen LogP contribution in [0.25, 0.3) is 0 Å². The van der Waals surface area contributed by atoms with Crippen molar-refractivity contribution in [2.45, 2.75) is 25.0 Å². The lowest BCUT2D eigenvalue weighted by molar-refractivity contribution is -0.136. The molecule has 0 bridgehead atoms. The molecule has 0 radical (unpaired) electrons. The Hall–Kier alpha value is -0.870. The number of hydrogen-bond donors (Lipinski definition) is 2. The van der Waals surface area contributed by atoms with Gasteiger partial charge in [0.2, 0.25) is 5.91 Å². The number of primary amides is 1. The summed E-state index contributed by atoms with van der Waals surface area (Å²) in [5.41, 5.74) is 5.03. The Morgan fingerprint density at radius 3 is 3.00 bits per heavy atom. The van der Waals surface area contributed by atoms with Gasteiger partial charge in [0.25, 0.3) is 0 Å². The molecule has 1 heterocycles. The number of nitrogens with two attached hydrogens (primary N) is 1. The van der Waals surface area contributed by atoms with Crippen molar-refractivity contribution in [2.24, 2.45) is 5.73 Å². The van der Waals surface area contributed by atoms with Crippen LogP contribution in [0.1, 0.15) is 12.8 Å². The van der Waals surface area contributed by atoms with Crippen LogP contribution >= 0.6 is 0 Å². The molecule has 0 aromatic rings. The van der Waals surface area contributed by atoms with E-state index in [0.717, 1.165) is 6.42 Å². The second-order valence-corrected chi connectivity index (χ2v) is 2.77. The molecule has 4 heteroatoms. The van der Waals surface area contributed by atoms with Gasteiger partial charge in [-0.3, -0.25) is 4.79 Å². The maximum absolute atomic E-state index is 10.7. The number of ether oxygens (including phenoxy) is 1. The molecule has 68 valence electrons. The minimum atomic E-state index is -0.852. The van der Waals surface area contributed by atoms with Crippen molar-refractivity contribution in [3.05, 3.63) is 12.2 Å². The molecule has 1 rings (SSSR count). The van der Waals surface area contributed by atoms with Gasteiger partial charge in [-0.2, -0.15) is 0 Å². The second-order valence-electron chi connectivity index (χ2n) is 2.77. The fraction of sp³-hybridized carbons (Fsp3) is 0.625. The number of carbonyl (C=O) groups excluding carboxylic acids is 1. The molecule has 0 fully saturated rings. The molecule has 0 saturated carbocycles. The summed E-state index contributed by atoms with van der Waals surface area (Å²) in [7, 11) is 0. The second kappa shape index (κ2) is 4.23. The van der Waals surface area contributed by atoms with Gasteiger partial charge in [-0.1, -0.05) is 12.2 Å².